The molecule has 1 aromatic rings. The standard InChI is InChI=1S/C14H15N3O5/c1-8-3-4-11(17(21)22)13(9(8)2)15-10-7-12(19)16(5-6-18)14(10)20/h3-4,7,15,18H,5-6H2,1-2H3. The number of anilines is 1. The van der Waals surface area contributed by atoms with E-state index in [0.29, 0.717) is 5.56 Å². The molecule has 0 spiro atoms. The van der Waals surface area contributed by atoms with Crippen LogP contribution in [0.4, 0.5) is 11.4 Å². The van der Waals surface area contributed by atoms with Crippen LogP contribution >= 0.6 is 0 Å². The maximum absolute atomic E-state index is 12.1. The fraction of sp³-hybridized carbons (Fsp3) is 0.286. The molecule has 22 heavy (non-hydrogen) atoms. The van der Waals surface area contributed by atoms with Crippen molar-refractivity contribution in [3.05, 3.63) is 45.1 Å². The van der Waals surface area contributed by atoms with Crippen LogP contribution in [0.2, 0.25) is 0 Å². The molecule has 0 aromatic heterocycles. The topological polar surface area (TPSA) is 113 Å². The zero-order valence-corrected chi connectivity index (χ0v) is 12.1. The molecule has 1 aliphatic heterocycles. The van der Waals surface area contributed by atoms with Crippen molar-refractivity contribution in [2.45, 2.75) is 13.8 Å². The number of carbonyl (C=O) groups is 2. The fourth-order valence-corrected chi connectivity index (χ4v) is 2.16. The number of hydrogen-bond donors (Lipinski definition) is 2. The van der Waals surface area contributed by atoms with Gasteiger partial charge in [0.1, 0.15) is 11.4 Å². The van der Waals surface area contributed by atoms with Crippen LogP contribution in [0, 0.1) is 24.0 Å². The Morgan fingerprint density at radius 3 is 2.59 bits per heavy atom. The molecular weight excluding hydrogens is 290 g/mol. The lowest BCUT2D eigenvalue weighted by molar-refractivity contribution is -0.384. The van der Waals surface area contributed by atoms with E-state index >= 15 is 0 Å². The Kier molecular flexibility index (Phi) is 4.22. The molecule has 2 amide bonds. The number of rotatable bonds is 5. The van der Waals surface area contributed by atoms with Gasteiger partial charge in [-0.05, 0) is 25.0 Å². The van der Waals surface area contributed by atoms with Crippen LogP contribution in [-0.4, -0.2) is 39.9 Å². The summed E-state index contributed by atoms with van der Waals surface area (Å²) in [5, 5.41) is 22.7. The first-order chi connectivity index (χ1) is 10.4. The number of aryl methyl sites for hydroxylation is 1. The van der Waals surface area contributed by atoms with E-state index in [2.05, 4.69) is 5.32 Å². The van der Waals surface area contributed by atoms with Crippen LogP contribution in [-0.2, 0) is 9.59 Å². The van der Waals surface area contributed by atoms with Crippen LogP contribution in [0.5, 0.6) is 0 Å². The van der Waals surface area contributed by atoms with Gasteiger partial charge in [-0.25, -0.2) is 0 Å². The van der Waals surface area contributed by atoms with Gasteiger partial charge in [0.15, 0.2) is 0 Å². The Morgan fingerprint density at radius 1 is 1.32 bits per heavy atom. The van der Waals surface area contributed by atoms with Gasteiger partial charge in [0, 0.05) is 12.1 Å². The molecule has 0 atom stereocenters. The zero-order chi connectivity index (χ0) is 16.4. The molecule has 8 nitrogen and oxygen atoms in total. The van der Waals surface area contributed by atoms with Gasteiger partial charge in [-0.15, -0.1) is 0 Å². The minimum atomic E-state index is -0.616. The SMILES string of the molecule is Cc1ccc([N+](=O)[O-])c(NC2=CC(=O)N(CCO)C2=O)c1C. The molecule has 1 heterocycles. The first-order valence-corrected chi connectivity index (χ1v) is 6.56. The van der Waals surface area contributed by atoms with Crippen molar-refractivity contribution in [3.63, 3.8) is 0 Å². The van der Waals surface area contributed by atoms with Crippen LogP contribution in [0.3, 0.4) is 0 Å². The van der Waals surface area contributed by atoms with Crippen molar-refractivity contribution in [2.24, 2.45) is 0 Å². The van der Waals surface area contributed by atoms with Crippen molar-refractivity contribution < 1.29 is 19.6 Å². The molecule has 0 fully saturated rings. The predicted octanol–water partition coefficient (Wildman–Crippen LogP) is 0.869. The molecule has 0 saturated carbocycles. The Morgan fingerprint density at radius 2 is 2.00 bits per heavy atom. The van der Waals surface area contributed by atoms with Crippen molar-refractivity contribution >= 4 is 23.2 Å². The molecule has 1 aromatic carbocycles. The molecule has 0 bridgehead atoms. The van der Waals surface area contributed by atoms with Gasteiger partial charge in [0.2, 0.25) is 0 Å². The largest absolute Gasteiger partial charge is 0.395 e. The highest BCUT2D eigenvalue weighted by atomic mass is 16.6. The summed E-state index contributed by atoms with van der Waals surface area (Å²) in [6, 6.07) is 2.96. The van der Waals surface area contributed by atoms with E-state index in [0.717, 1.165) is 16.5 Å². The van der Waals surface area contributed by atoms with Gasteiger partial charge in [-0.3, -0.25) is 24.6 Å². The van der Waals surface area contributed by atoms with Crippen LogP contribution in [0.1, 0.15) is 11.1 Å². The minimum Gasteiger partial charge on any atom is -0.395 e. The second-order valence-corrected chi connectivity index (χ2v) is 4.86. The highest BCUT2D eigenvalue weighted by molar-refractivity contribution is 6.17. The van der Waals surface area contributed by atoms with Crippen LogP contribution in [0.25, 0.3) is 0 Å². The number of β-amino-alcohol motifs (C(OH)–C–C–N with tert-alkyl or cyclic N) is 1. The summed E-state index contributed by atoms with van der Waals surface area (Å²) in [5.74, 6) is -1.18. The van der Waals surface area contributed by atoms with E-state index in [1.54, 1.807) is 19.9 Å². The van der Waals surface area contributed by atoms with Crippen LogP contribution < -0.4 is 5.32 Å². The molecule has 8 heteroatoms. The summed E-state index contributed by atoms with van der Waals surface area (Å²) in [6.07, 6.45) is 1.07. The molecule has 2 N–H and O–H groups in total. The van der Waals surface area contributed by atoms with E-state index in [4.69, 9.17) is 5.11 Å². The molecule has 0 radical (unpaired) electrons. The van der Waals surface area contributed by atoms with Crippen molar-refractivity contribution in [2.75, 3.05) is 18.5 Å². The summed E-state index contributed by atoms with van der Waals surface area (Å²) in [7, 11) is 0. The van der Waals surface area contributed by atoms with E-state index < -0.39 is 16.7 Å². The van der Waals surface area contributed by atoms with Gasteiger partial charge < -0.3 is 10.4 Å². The third kappa shape index (κ3) is 2.68. The summed E-state index contributed by atoms with van der Waals surface area (Å²) >= 11 is 0. The van der Waals surface area contributed by atoms with Crippen molar-refractivity contribution in [1.82, 2.24) is 4.90 Å². The average Bonchev–Trinajstić information content (AvgIpc) is 2.72. The normalized spacial score (nSPS) is 14.3. The average molecular weight is 305 g/mol. The summed E-state index contributed by atoms with van der Waals surface area (Å²) in [6.45, 7) is 3.02. The highest BCUT2D eigenvalue weighted by Crippen LogP contribution is 2.32. The number of nitrogens with one attached hydrogen (secondary N) is 1. The Balaban J connectivity index is 2.38. The zero-order valence-electron chi connectivity index (χ0n) is 12.1. The highest BCUT2D eigenvalue weighted by Gasteiger charge is 2.32. The molecule has 2 rings (SSSR count). The van der Waals surface area contributed by atoms with E-state index in [1.807, 2.05) is 0 Å². The van der Waals surface area contributed by atoms with E-state index in [9.17, 15) is 19.7 Å². The number of hydrogen-bond acceptors (Lipinski definition) is 6. The maximum Gasteiger partial charge on any atom is 0.292 e. The number of aliphatic hydroxyl groups excluding tert-OH is 1. The number of nitrogens with zero attached hydrogens (tertiary/aromatic N) is 2. The number of amides is 2. The summed E-state index contributed by atoms with van der Waals surface area (Å²) < 4.78 is 0. The van der Waals surface area contributed by atoms with Crippen LogP contribution in [0.15, 0.2) is 23.9 Å². The predicted molar refractivity (Wildman–Crippen MR) is 78.1 cm³/mol. The smallest absolute Gasteiger partial charge is 0.292 e. The third-order valence-electron chi connectivity index (χ3n) is 3.50. The molecule has 0 aliphatic carbocycles. The van der Waals surface area contributed by atoms with Crippen molar-refractivity contribution in [3.8, 4) is 0 Å². The molecule has 0 unspecified atom stereocenters. The number of imide groups is 1. The molecular formula is C14H15N3O5. The van der Waals surface area contributed by atoms with Gasteiger partial charge in [0.25, 0.3) is 17.5 Å². The quantitative estimate of drug-likeness (QED) is 0.474. The monoisotopic (exact) mass is 305 g/mol. The number of nitro benzene ring substituents is 1. The number of aliphatic hydroxyl groups is 1. The minimum absolute atomic E-state index is 0.0461. The Labute approximate surface area is 126 Å². The molecule has 116 valence electrons. The van der Waals surface area contributed by atoms with Gasteiger partial charge >= 0.3 is 0 Å². The van der Waals surface area contributed by atoms with Gasteiger partial charge in [-0.1, -0.05) is 6.07 Å². The van der Waals surface area contributed by atoms with Gasteiger partial charge in [-0.2, -0.15) is 0 Å². The first kappa shape index (κ1) is 15.6. The molecule has 1 aliphatic rings. The lowest BCUT2D eigenvalue weighted by Gasteiger charge is -2.15. The number of nitro groups is 1. The molecule has 0 saturated heterocycles. The number of benzene rings is 1. The second-order valence-electron chi connectivity index (χ2n) is 4.86. The van der Waals surface area contributed by atoms with Crippen molar-refractivity contribution in [1.29, 1.82) is 0 Å². The number of carbonyl (C=O) groups excluding carboxylic acids is 2. The lowest BCUT2D eigenvalue weighted by Crippen LogP contribution is -2.34. The Hall–Kier alpha value is -2.74. The summed E-state index contributed by atoms with van der Waals surface area (Å²) in [4.78, 5) is 35.2. The van der Waals surface area contributed by atoms with E-state index in [-0.39, 0.29) is 30.2 Å². The fourth-order valence-electron chi connectivity index (χ4n) is 2.16. The maximum atomic E-state index is 12.1. The first-order valence-electron chi connectivity index (χ1n) is 6.56. The van der Waals surface area contributed by atoms with E-state index in [1.165, 1.54) is 6.07 Å². The summed E-state index contributed by atoms with van der Waals surface area (Å²) in [5.41, 5.74) is 1.40. The van der Waals surface area contributed by atoms with Gasteiger partial charge in [0.05, 0.1) is 18.1 Å². The second kappa shape index (κ2) is 5.94. The Bertz CT molecular complexity index is 696. The third-order valence-corrected chi connectivity index (χ3v) is 3.50. The lowest BCUT2D eigenvalue weighted by atomic mass is 10.1.